The number of carbonyl (C=O) groups is 1. The zero-order valence-corrected chi connectivity index (χ0v) is 17.1. The van der Waals surface area contributed by atoms with Gasteiger partial charge in [0.05, 0.1) is 5.69 Å². The maximum atomic E-state index is 13.1. The molecule has 0 radical (unpaired) electrons. The Morgan fingerprint density at radius 2 is 2.00 bits per heavy atom. The lowest BCUT2D eigenvalue weighted by atomic mass is 9.79. The summed E-state index contributed by atoms with van der Waals surface area (Å²) >= 11 is 0. The predicted octanol–water partition coefficient (Wildman–Crippen LogP) is 3.72. The molecule has 5 heteroatoms. The largest absolute Gasteiger partial charge is 0.361 e. The molecule has 0 N–H and O–H groups in total. The van der Waals surface area contributed by atoms with Gasteiger partial charge in [0.1, 0.15) is 11.3 Å². The Morgan fingerprint density at radius 1 is 1.18 bits per heavy atom. The maximum Gasteiger partial charge on any atom is 0.259 e. The van der Waals surface area contributed by atoms with Crippen LogP contribution in [0.25, 0.3) is 0 Å². The van der Waals surface area contributed by atoms with Crippen LogP contribution in [0.2, 0.25) is 0 Å². The van der Waals surface area contributed by atoms with E-state index in [1.54, 1.807) is 0 Å². The second-order valence-corrected chi connectivity index (χ2v) is 8.51. The Kier molecular flexibility index (Phi) is 5.54. The smallest absolute Gasteiger partial charge is 0.259 e. The van der Waals surface area contributed by atoms with E-state index in [2.05, 4.69) is 40.4 Å². The standard InChI is InChI=1S/C23H31N3O2/c1-3-20-21(18(2)28-24-20)22(27)26-15-12-23(17-26)11-7-13-25(16-23)14-10-19-8-5-4-6-9-19/h4-6,8-9H,3,7,10-17H2,1-2H3. The lowest BCUT2D eigenvalue weighted by Gasteiger charge is -2.40. The number of rotatable bonds is 5. The third kappa shape index (κ3) is 3.86. The second kappa shape index (κ2) is 8.08. The molecule has 4 rings (SSSR count). The number of aromatic nitrogens is 1. The van der Waals surface area contributed by atoms with E-state index in [0.29, 0.717) is 11.3 Å². The van der Waals surface area contributed by atoms with E-state index >= 15 is 0 Å². The molecule has 0 saturated carbocycles. The van der Waals surface area contributed by atoms with Gasteiger partial charge < -0.3 is 14.3 Å². The van der Waals surface area contributed by atoms with Crippen molar-refractivity contribution in [3.8, 4) is 0 Å². The summed E-state index contributed by atoms with van der Waals surface area (Å²) in [6.45, 7) is 8.95. The SMILES string of the molecule is CCc1noc(C)c1C(=O)N1CCC2(CCCN(CCc3ccccc3)C2)C1. The first-order valence-electron chi connectivity index (χ1n) is 10.6. The number of hydrogen-bond donors (Lipinski definition) is 0. The van der Waals surface area contributed by atoms with Crippen molar-refractivity contribution in [1.82, 2.24) is 15.0 Å². The fourth-order valence-electron chi connectivity index (χ4n) is 4.97. The van der Waals surface area contributed by atoms with Gasteiger partial charge in [-0.1, -0.05) is 42.4 Å². The third-order valence-electron chi connectivity index (χ3n) is 6.51. The van der Waals surface area contributed by atoms with Crippen LogP contribution in [0.5, 0.6) is 0 Å². The molecule has 1 amide bonds. The molecule has 28 heavy (non-hydrogen) atoms. The van der Waals surface area contributed by atoms with Gasteiger partial charge in [-0.2, -0.15) is 0 Å². The van der Waals surface area contributed by atoms with Gasteiger partial charge in [-0.15, -0.1) is 0 Å². The minimum atomic E-state index is 0.105. The van der Waals surface area contributed by atoms with Crippen molar-refractivity contribution in [3.63, 3.8) is 0 Å². The number of aryl methyl sites for hydroxylation is 2. The van der Waals surface area contributed by atoms with Gasteiger partial charge in [0.2, 0.25) is 0 Å². The highest BCUT2D eigenvalue weighted by atomic mass is 16.5. The topological polar surface area (TPSA) is 49.6 Å². The Balaban J connectivity index is 1.39. The zero-order valence-electron chi connectivity index (χ0n) is 17.1. The molecule has 0 bridgehead atoms. The summed E-state index contributed by atoms with van der Waals surface area (Å²) in [7, 11) is 0. The van der Waals surface area contributed by atoms with Crippen LogP contribution in [-0.4, -0.2) is 53.6 Å². The van der Waals surface area contributed by atoms with E-state index in [9.17, 15) is 4.79 Å². The monoisotopic (exact) mass is 381 g/mol. The highest BCUT2D eigenvalue weighted by Gasteiger charge is 2.43. The van der Waals surface area contributed by atoms with E-state index in [1.807, 2.05) is 18.7 Å². The average Bonchev–Trinajstić information content (AvgIpc) is 3.30. The van der Waals surface area contributed by atoms with Gasteiger partial charge in [0.15, 0.2) is 0 Å². The molecule has 5 nitrogen and oxygen atoms in total. The first-order chi connectivity index (χ1) is 13.6. The molecule has 1 atom stereocenters. The summed E-state index contributed by atoms with van der Waals surface area (Å²) in [5, 5.41) is 4.07. The number of carbonyl (C=O) groups excluding carboxylic acids is 1. The predicted molar refractivity (Wildman–Crippen MR) is 109 cm³/mol. The van der Waals surface area contributed by atoms with Crippen molar-refractivity contribution in [2.24, 2.45) is 5.41 Å². The van der Waals surface area contributed by atoms with E-state index in [1.165, 1.54) is 24.9 Å². The average molecular weight is 382 g/mol. The third-order valence-corrected chi connectivity index (χ3v) is 6.51. The molecule has 3 heterocycles. The number of hydrogen-bond acceptors (Lipinski definition) is 4. The molecular weight excluding hydrogens is 350 g/mol. The zero-order chi connectivity index (χ0) is 19.6. The molecule has 1 aromatic heterocycles. The molecule has 2 aliphatic rings. The van der Waals surface area contributed by atoms with Crippen molar-refractivity contribution in [1.29, 1.82) is 0 Å². The molecule has 1 spiro atoms. The van der Waals surface area contributed by atoms with Gasteiger partial charge >= 0.3 is 0 Å². The molecule has 2 saturated heterocycles. The van der Waals surface area contributed by atoms with Crippen LogP contribution in [0.1, 0.15) is 53.6 Å². The first-order valence-corrected chi connectivity index (χ1v) is 10.6. The number of piperidine rings is 1. The van der Waals surface area contributed by atoms with Gasteiger partial charge in [0, 0.05) is 31.6 Å². The highest BCUT2D eigenvalue weighted by Crippen LogP contribution is 2.39. The molecule has 0 aliphatic carbocycles. The van der Waals surface area contributed by atoms with E-state index < -0.39 is 0 Å². The molecular formula is C23H31N3O2. The van der Waals surface area contributed by atoms with Crippen LogP contribution in [0, 0.1) is 12.3 Å². The summed E-state index contributed by atoms with van der Waals surface area (Å²) in [5.74, 6) is 0.754. The van der Waals surface area contributed by atoms with Gasteiger partial charge in [-0.3, -0.25) is 4.79 Å². The Hall–Kier alpha value is -2.14. The molecule has 150 valence electrons. The van der Waals surface area contributed by atoms with Crippen molar-refractivity contribution in [2.45, 2.75) is 46.0 Å². The van der Waals surface area contributed by atoms with Crippen LogP contribution in [0.3, 0.4) is 0 Å². The van der Waals surface area contributed by atoms with Crippen molar-refractivity contribution in [2.75, 3.05) is 32.7 Å². The molecule has 2 aliphatic heterocycles. The second-order valence-electron chi connectivity index (χ2n) is 8.51. The lowest BCUT2D eigenvalue weighted by Crippen LogP contribution is -2.46. The Labute approximate surface area is 167 Å². The van der Waals surface area contributed by atoms with E-state index in [4.69, 9.17) is 4.52 Å². The minimum Gasteiger partial charge on any atom is -0.361 e. The molecule has 1 aromatic carbocycles. The fraction of sp³-hybridized carbons (Fsp3) is 0.565. The first kappa shape index (κ1) is 19.2. The van der Waals surface area contributed by atoms with Gasteiger partial charge in [0.25, 0.3) is 5.91 Å². The maximum absolute atomic E-state index is 13.1. The van der Waals surface area contributed by atoms with Crippen LogP contribution >= 0.6 is 0 Å². The Bertz CT molecular complexity index is 817. The number of likely N-dealkylation sites (tertiary alicyclic amines) is 2. The molecule has 1 unspecified atom stereocenters. The molecule has 2 aromatic rings. The Morgan fingerprint density at radius 3 is 2.79 bits per heavy atom. The van der Waals surface area contributed by atoms with Crippen molar-refractivity contribution < 1.29 is 9.32 Å². The number of amides is 1. The normalized spacial score (nSPS) is 22.9. The summed E-state index contributed by atoms with van der Waals surface area (Å²) in [6.07, 6.45) is 5.38. The van der Waals surface area contributed by atoms with E-state index in [-0.39, 0.29) is 11.3 Å². The van der Waals surface area contributed by atoms with Crippen LogP contribution in [0.15, 0.2) is 34.9 Å². The van der Waals surface area contributed by atoms with E-state index in [0.717, 1.165) is 51.1 Å². The summed E-state index contributed by atoms with van der Waals surface area (Å²) in [5.41, 5.74) is 3.13. The summed E-state index contributed by atoms with van der Waals surface area (Å²) in [4.78, 5) is 17.8. The lowest BCUT2D eigenvalue weighted by molar-refractivity contribution is 0.0690. The fourth-order valence-corrected chi connectivity index (χ4v) is 4.97. The molecule has 2 fully saturated rings. The van der Waals surface area contributed by atoms with Crippen molar-refractivity contribution >= 4 is 5.91 Å². The summed E-state index contributed by atoms with van der Waals surface area (Å²) < 4.78 is 5.29. The van der Waals surface area contributed by atoms with Gasteiger partial charge in [-0.05, 0) is 51.1 Å². The van der Waals surface area contributed by atoms with Crippen LogP contribution in [-0.2, 0) is 12.8 Å². The van der Waals surface area contributed by atoms with Gasteiger partial charge in [-0.25, -0.2) is 0 Å². The van der Waals surface area contributed by atoms with Crippen molar-refractivity contribution in [3.05, 3.63) is 52.9 Å². The number of nitrogens with zero attached hydrogens (tertiary/aromatic N) is 3. The number of benzene rings is 1. The highest BCUT2D eigenvalue weighted by molar-refractivity contribution is 5.96. The van der Waals surface area contributed by atoms with Crippen LogP contribution in [0.4, 0.5) is 0 Å². The summed E-state index contributed by atoms with van der Waals surface area (Å²) in [6, 6.07) is 10.7. The quantitative estimate of drug-likeness (QED) is 0.792. The minimum absolute atomic E-state index is 0.105. The van der Waals surface area contributed by atoms with Crippen LogP contribution < -0.4 is 0 Å².